The Bertz CT molecular complexity index is 342. The maximum absolute atomic E-state index is 12.9. The van der Waals surface area contributed by atoms with Gasteiger partial charge in [-0.1, -0.05) is 44.9 Å². The third kappa shape index (κ3) is 5.01. The minimum Gasteiger partial charge on any atom is -0.481 e. The molecule has 4 heteroatoms. The zero-order valence-electron chi connectivity index (χ0n) is 13.1. The molecule has 0 bridgehead atoms. The first-order chi connectivity index (χ1) is 10.2. The van der Waals surface area contributed by atoms with E-state index < -0.39 is 5.97 Å². The number of amides is 1. The first-order valence-corrected chi connectivity index (χ1v) is 8.71. The molecule has 0 aromatic heterocycles. The predicted octanol–water partition coefficient (Wildman–Crippen LogP) is 3.59. The van der Waals surface area contributed by atoms with Gasteiger partial charge in [0.15, 0.2) is 0 Å². The van der Waals surface area contributed by atoms with Gasteiger partial charge in [-0.05, 0) is 25.7 Å². The van der Waals surface area contributed by atoms with Crippen LogP contribution in [0.2, 0.25) is 0 Å². The standard InChI is InChI=1S/C17H29NO3/c19-16(20)12-13-18(15-10-6-1-2-7-11-15)17(21)14-8-4-3-5-9-14/h14-15H,1-13H2,(H,19,20). The van der Waals surface area contributed by atoms with Gasteiger partial charge < -0.3 is 10.0 Å². The number of carbonyl (C=O) groups is 2. The summed E-state index contributed by atoms with van der Waals surface area (Å²) < 4.78 is 0. The van der Waals surface area contributed by atoms with Gasteiger partial charge in [0.2, 0.25) is 5.91 Å². The number of hydrogen-bond acceptors (Lipinski definition) is 2. The highest BCUT2D eigenvalue weighted by molar-refractivity contribution is 5.80. The Morgan fingerprint density at radius 3 is 1.95 bits per heavy atom. The van der Waals surface area contributed by atoms with Crippen molar-refractivity contribution in [3.63, 3.8) is 0 Å². The van der Waals surface area contributed by atoms with E-state index in [0.29, 0.717) is 6.54 Å². The fourth-order valence-electron chi connectivity index (χ4n) is 3.84. The zero-order chi connectivity index (χ0) is 15.1. The van der Waals surface area contributed by atoms with Gasteiger partial charge in [-0.15, -0.1) is 0 Å². The van der Waals surface area contributed by atoms with Crippen LogP contribution in [0.5, 0.6) is 0 Å². The molecule has 0 saturated heterocycles. The van der Waals surface area contributed by atoms with Gasteiger partial charge in [0, 0.05) is 18.5 Å². The van der Waals surface area contributed by atoms with Crippen LogP contribution < -0.4 is 0 Å². The van der Waals surface area contributed by atoms with Crippen molar-refractivity contribution in [3.05, 3.63) is 0 Å². The van der Waals surface area contributed by atoms with Gasteiger partial charge in [0.1, 0.15) is 0 Å². The number of carbonyl (C=O) groups excluding carboxylic acids is 1. The summed E-state index contributed by atoms with van der Waals surface area (Å²) in [6.45, 7) is 0.398. The van der Waals surface area contributed by atoms with Gasteiger partial charge >= 0.3 is 5.97 Å². The molecule has 2 fully saturated rings. The van der Waals surface area contributed by atoms with Crippen molar-refractivity contribution in [2.24, 2.45) is 5.92 Å². The second kappa shape index (κ2) is 8.40. The molecule has 0 radical (unpaired) electrons. The summed E-state index contributed by atoms with van der Waals surface area (Å²) in [4.78, 5) is 25.7. The fourth-order valence-corrected chi connectivity index (χ4v) is 3.84. The predicted molar refractivity (Wildman–Crippen MR) is 82.0 cm³/mol. The molecule has 2 aliphatic carbocycles. The molecule has 0 aromatic rings. The molecular weight excluding hydrogens is 266 g/mol. The Hall–Kier alpha value is -1.06. The van der Waals surface area contributed by atoms with Crippen LogP contribution >= 0.6 is 0 Å². The third-order valence-electron chi connectivity index (χ3n) is 5.07. The zero-order valence-corrected chi connectivity index (χ0v) is 13.1. The Morgan fingerprint density at radius 1 is 0.857 bits per heavy atom. The number of aliphatic carboxylic acids is 1. The van der Waals surface area contributed by atoms with Crippen LogP contribution in [0.4, 0.5) is 0 Å². The second-order valence-corrected chi connectivity index (χ2v) is 6.66. The van der Waals surface area contributed by atoms with Gasteiger partial charge in [0.25, 0.3) is 0 Å². The van der Waals surface area contributed by atoms with Crippen molar-refractivity contribution in [3.8, 4) is 0 Å². The van der Waals surface area contributed by atoms with Crippen molar-refractivity contribution in [2.75, 3.05) is 6.54 Å². The summed E-state index contributed by atoms with van der Waals surface area (Å²) in [5.41, 5.74) is 0. The van der Waals surface area contributed by atoms with Crippen molar-refractivity contribution < 1.29 is 14.7 Å². The van der Waals surface area contributed by atoms with Gasteiger partial charge in [-0.2, -0.15) is 0 Å². The van der Waals surface area contributed by atoms with E-state index in [2.05, 4.69) is 0 Å². The molecule has 0 atom stereocenters. The van der Waals surface area contributed by atoms with Crippen LogP contribution in [0.3, 0.4) is 0 Å². The van der Waals surface area contributed by atoms with E-state index in [1.807, 2.05) is 4.90 Å². The lowest BCUT2D eigenvalue weighted by molar-refractivity contribution is -0.142. The van der Waals surface area contributed by atoms with Crippen LogP contribution in [-0.4, -0.2) is 34.5 Å². The summed E-state index contributed by atoms with van der Waals surface area (Å²) in [5.74, 6) is -0.413. The number of carboxylic acid groups (broad SMARTS) is 1. The molecule has 0 spiro atoms. The lowest BCUT2D eigenvalue weighted by atomic mass is 9.87. The SMILES string of the molecule is O=C(O)CCN(C(=O)C1CCCCC1)C1CCCCCC1. The highest BCUT2D eigenvalue weighted by Gasteiger charge is 2.30. The van der Waals surface area contributed by atoms with Crippen LogP contribution in [0.25, 0.3) is 0 Å². The molecule has 0 heterocycles. The molecule has 0 aromatic carbocycles. The first-order valence-electron chi connectivity index (χ1n) is 8.71. The Kier molecular flexibility index (Phi) is 6.52. The molecule has 4 nitrogen and oxygen atoms in total. The lowest BCUT2D eigenvalue weighted by Crippen LogP contribution is -2.45. The molecule has 0 unspecified atom stereocenters. The van der Waals surface area contributed by atoms with Crippen LogP contribution in [0, 0.1) is 5.92 Å². The van der Waals surface area contributed by atoms with Crippen LogP contribution in [0.15, 0.2) is 0 Å². The highest BCUT2D eigenvalue weighted by Crippen LogP contribution is 2.29. The monoisotopic (exact) mass is 295 g/mol. The number of carboxylic acids is 1. The molecular formula is C17H29NO3. The van der Waals surface area contributed by atoms with E-state index in [0.717, 1.165) is 38.5 Å². The first kappa shape index (κ1) is 16.3. The summed E-state index contributed by atoms with van der Waals surface area (Å²) in [6.07, 6.45) is 12.6. The number of hydrogen-bond donors (Lipinski definition) is 1. The number of nitrogens with zero attached hydrogens (tertiary/aromatic N) is 1. The van der Waals surface area contributed by atoms with Crippen molar-refractivity contribution in [2.45, 2.75) is 83.1 Å². The maximum atomic E-state index is 12.9. The summed E-state index contributed by atoms with van der Waals surface area (Å²) in [7, 11) is 0. The Balaban J connectivity index is 2.01. The maximum Gasteiger partial charge on any atom is 0.305 e. The van der Waals surface area contributed by atoms with Gasteiger partial charge in [-0.25, -0.2) is 0 Å². The molecule has 2 aliphatic rings. The second-order valence-electron chi connectivity index (χ2n) is 6.66. The molecule has 1 amide bonds. The smallest absolute Gasteiger partial charge is 0.305 e. The average molecular weight is 295 g/mol. The van der Waals surface area contributed by atoms with Crippen molar-refractivity contribution in [1.82, 2.24) is 4.90 Å². The highest BCUT2D eigenvalue weighted by atomic mass is 16.4. The van der Waals surface area contributed by atoms with Crippen LogP contribution in [0.1, 0.15) is 77.0 Å². The molecule has 0 aliphatic heterocycles. The molecule has 2 rings (SSSR count). The third-order valence-corrected chi connectivity index (χ3v) is 5.07. The number of rotatable bonds is 5. The normalized spacial score (nSPS) is 21.7. The van der Waals surface area contributed by atoms with Crippen LogP contribution in [-0.2, 0) is 9.59 Å². The van der Waals surface area contributed by atoms with Crippen molar-refractivity contribution >= 4 is 11.9 Å². The fraction of sp³-hybridized carbons (Fsp3) is 0.882. The van der Waals surface area contributed by atoms with E-state index >= 15 is 0 Å². The molecule has 2 saturated carbocycles. The van der Waals surface area contributed by atoms with E-state index in [1.165, 1.54) is 32.1 Å². The van der Waals surface area contributed by atoms with E-state index in [1.54, 1.807) is 0 Å². The molecule has 1 N–H and O–H groups in total. The Labute approximate surface area is 127 Å². The topological polar surface area (TPSA) is 57.6 Å². The van der Waals surface area contributed by atoms with Crippen molar-refractivity contribution in [1.29, 1.82) is 0 Å². The molecule has 120 valence electrons. The average Bonchev–Trinajstić information content (AvgIpc) is 2.77. The summed E-state index contributed by atoms with van der Waals surface area (Å²) >= 11 is 0. The lowest BCUT2D eigenvalue weighted by Gasteiger charge is -2.35. The largest absolute Gasteiger partial charge is 0.481 e. The molecule has 21 heavy (non-hydrogen) atoms. The van der Waals surface area contributed by atoms with Gasteiger partial charge in [0.05, 0.1) is 6.42 Å². The van der Waals surface area contributed by atoms with E-state index in [4.69, 9.17) is 5.11 Å². The Morgan fingerprint density at radius 2 is 1.38 bits per heavy atom. The van der Waals surface area contributed by atoms with Gasteiger partial charge in [-0.3, -0.25) is 9.59 Å². The summed E-state index contributed by atoms with van der Waals surface area (Å²) in [5, 5.41) is 8.97. The van der Waals surface area contributed by atoms with E-state index in [9.17, 15) is 9.59 Å². The summed E-state index contributed by atoms with van der Waals surface area (Å²) in [6, 6.07) is 0.279. The van der Waals surface area contributed by atoms with E-state index in [-0.39, 0.29) is 24.3 Å². The minimum absolute atomic E-state index is 0.0783. The quantitative estimate of drug-likeness (QED) is 0.788. The minimum atomic E-state index is -0.801.